The molecular weight excluding hydrogens is 188 g/mol. The molecule has 0 heterocycles. The minimum Gasteiger partial charge on any atom is -0.223 e. The van der Waals surface area contributed by atoms with Crippen molar-refractivity contribution in [3.63, 3.8) is 0 Å². The summed E-state index contributed by atoms with van der Waals surface area (Å²) in [4.78, 5) is 0. The Hall–Kier alpha value is -0.263. The molecule has 1 nitrogen and oxygen atoms in total. The van der Waals surface area contributed by atoms with Gasteiger partial charge in [-0.1, -0.05) is 47.5 Å². The third-order valence-corrected chi connectivity index (χ3v) is 9.58. The quantitative estimate of drug-likeness (QED) is 0.502. The van der Waals surface area contributed by atoms with Crippen LogP contribution in [0.3, 0.4) is 0 Å². The van der Waals surface area contributed by atoms with E-state index in [1.807, 2.05) is 0 Å². The third kappa shape index (κ3) is 2.62. The van der Waals surface area contributed by atoms with Crippen LogP contribution in [0, 0.1) is 11.5 Å². The molecule has 0 aromatic carbocycles. The van der Waals surface area contributed by atoms with Crippen LogP contribution in [0.5, 0.6) is 0 Å². The van der Waals surface area contributed by atoms with E-state index in [0.717, 1.165) is 0 Å². The van der Waals surface area contributed by atoms with Gasteiger partial charge in [0.2, 0.25) is 0 Å². The predicted molar refractivity (Wildman–Crippen MR) is 64.4 cm³/mol. The Morgan fingerprint density at radius 1 is 0.929 bits per heavy atom. The SMILES string of the molecule is CC(C)[Si](C#CC[O])(C(C)C)C(C)C. The van der Waals surface area contributed by atoms with E-state index in [4.69, 9.17) is 0 Å². The molecule has 0 atom stereocenters. The topological polar surface area (TPSA) is 19.9 Å². The Morgan fingerprint density at radius 2 is 1.29 bits per heavy atom. The average Bonchev–Trinajstić information content (AvgIpc) is 2.03. The first-order chi connectivity index (χ1) is 6.39. The zero-order valence-electron chi connectivity index (χ0n) is 10.3. The molecule has 0 spiro atoms. The number of hydrogen-bond acceptors (Lipinski definition) is 0. The Kier molecular flexibility index (Phi) is 5.47. The maximum atomic E-state index is 10.5. The van der Waals surface area contributed by atoms with E-state index in [9.17, 15) is 5.11 Å². The van der Waals surface area contributed by atoms with Crippen LogP contribution in [0.15, 0.2) is 0 Å². The molecule has 1 radical (unpaired) electrons. The summed E-state index contributed by atoms with van der Waals surface area (Å²) in [6.45, 7) is 13.3. The molecule has 0 rings (SSSR count). The van der Waals surface area contributed by atoms with Crippen molar-refractivity contribution in [3.8, 4) is 11.5 Å². The van der Waals surface area contributed by atoms with Gasteiger partial charge < -0.3 is 0 Å². The standard InChI is InChI=1S/C12H23OSi/c1-10(2)14(11(3)4,12(5)6)9-7-8-13/h10-12H,8H2,1-6H3. The van der Waals surface area contributed by atoms with Gasteiger partial charge in [-0.3, -0.25) is 0 Å². The van der Waals surface area contributed by atoms with Crippen molar-refractivity contribution in [2.75, 3.05) is 6.61 Å². The van der Waals surface area contributed by atoms with Gasteiger partial charge in [0.25, 0.3) is 0 Å². The predicted octanol–water partition coefficient (Wildman–Crippen LogP) is 3.64. The lowest BCUT2D eigenvalue weighted by molar-refractivity contribution is 0.239. The highest BCUT2D eigenvalue weighted by atomic mass is 28.3. The van der Waals surface area contributed by atoms with Crippen LogP contribution < -0.4 is 0 Å². The molecule has 0 aliphatic rings. The van der Waals surface area contributed by atoms with E-state index < -0.39 is 8.07 Å². The van der Waals surface area contributed by atoms with Crippen molar-refractivity contribution < 1.29 is 5.11 Å². The van der Waals surface area contributed by atoms with Gasteiger partial charge in [0.05, 0.1) is 0 Å². The van der Waals surface area contributed by atoms with Crippen LogP contribution in [-0.2, 0) is 5.11 Å². The van der Waals surface area contributed by atoms with Crippen LogP contribution in [-0.4, -0.2) is 14.7 Å². The van der Waals surface area contributed by atoms with Gasteiger partial charge in [0.15, 0.2) is 0 Å². The lowest BCUT2D eigenvalue weighted by Crippen LogP contribution is -2.43. The Morgan fingerprint density at radius 3 is 1.50 bits per heavy atom. The van der Waals surface area contributed by atoms with Crippen LogP contribution in [0.4, 0.5) is 0 Å². The second-order valence-electron chi connectivity index (χ2n) is 4.84. The van der Waals surface area contributed by atoms with E-state index in [1.54, 1.807) is 0 Å². The van der Waals surface area contributed by atoms with Crippen molar-refractivity contribution in [2.24, 2.45) is 0 Å². The van der Waals surface area contributed by atoms with Crippen LogP contribution >= 0.6 is 0 Å². The normalized spacial score (nSPS) is 12.1. The van der Waals surface area contributed by atoms with E-state index in [1.165, 1.54) is 0 Å². The summed E-state index contributed by atoms with van der Waals surface area (Å²) in [7, 11) is -1.61. The number of rotatable bonds is 3. The van der Waals surface area contributed by atoms with Gasteiger partial charge in [-0.25, -0.2) is 5.11 Å². The molecule has 0 amide bonds. The largest absolute Gasteiger partial charge is 0.223 e. The Labute approximate surface area is 89.9 Å². The molecule has 0 aromatic heterocycles. The molecule has 81 valence electrons. The van der Waals surface area contributed by atoms with Crippen molar-refractivity contribution in [3.05, 3.63) is 0 Å². The van der Waals surface area contributed by atoms with Gasteiger partial charge >= 0.3 is 0 Å². The minimum atomic E-state index is -1.61. The Balaban J connectivity index is 5.16. The Bertz CT molecular complexity index is 198. The van der Waals surface area contributed by atoms with Crippen LogP contribution in [0.1, 0.15) is 41.5 Å². The molecule has 0 aliphatic heterocycles. The fraction of sp³-hybridized carbons (Fsp3) is 0.833. The number of hydrogen-bond donors (Lipinski definition) is 0. The lowest BCUT2D eigenvalue weighted by Gasteiger charge is -2.38. The van der Waals surface area contributed by atoms with Crippen molar-refractivity contribution in [1.29, 1.82) is 0 Å². The van der Waals surface area contributed by atoms with E-state index in [0.29, 0.717) is 16.6 Å². The molecule has 0 bridgehead atoms. The zero-order valence-corrected chi connectivity index (χ0v) is 11.3. The fourth-order valence-electron chi connectivity index (χ4n) is 2.62. The highest BCUT2D eigenvalue weighted by Crippen LogP contribution is 2.40. The molecule has 2 heteroatoms. The molecule has 14 heavy (non-hydrogen) atoms. The van der Waals surface area contributed by atoms with Gasteiger partial charge in [0, 0.05) is 0 Å². The van der Waals surface area contributed by atoms with Crippen molar-refractivity contribution in [1.82, 2.24) is 0 Å². The highest BCUT2D eigenvalue weighted by molar-refractivity contribution is 6.90. The van der Waals surface area contributed by atoms with Crippen molar-refractivity contribution in [2.45, 2.75) is 58.2 Å². The summed E-state index contributed by atoms with van der Waals surface area (Å²) in [5, 5.41) is 10.5. The summed E-state index contributed by atoms with van der Waals surface area (Å²) in [5.41, 5.74) is 5.24. The zero-order chi connectivity index (χ0) is 11.4. The summed E-state index contributed by atoms with van der Waals surface area (Å²) < 4.78 is 0. The summed E-state index contributed by atoms with van der Waals surface area (Å²) in [5.74, 6) is 2.79. The van der Waals surface area contributed by atoms with Crippen LogP contribution in [0.2, 0.25) is 16.6 Å². The molecule has 0 unspecified atom stereocenters. The monoisotopic (exact) mass is 211 g/mol. The van der Waals surface area contributed by atoms with E-state index >= 15 is 0 Å². The van der Waals surface area contributed by atoms with Crippen molar-refractivity contribution >= 4 is 8.07 Å². The maximum absolute atomic E-state index is 10.5. The van der Waals surface area contributed by atoms with E-state index in [2.05, 4.69) is 53.0 Å². The molecule has 0 N–H and O–H groups in total. The van der Waals surface area contributed by atoms with Gasteiger partial charge in [-0.15, -0.1) is 5.54 Å². The van der Waals surface area contributed by atoms with Gasteiger partial charge in [0.1, 0.15) is 14.7 Å². The fourth-order valence-corrected chi connectivity index (χ4v) is 7.87. The molecular formula is C12H23OSi. The molecule has 0 saturated carbocycles. The minimum absolute atomic E-state index is 0.249. The first-order valence-corrected chi connectivity index (χ1v) is 7.70. The van der Waals surface area contributed by atoms with Gasteiger partial charge in [-0.2, -0.15) is 0 Å². The first kappa shape index (κ1) is 13.7. The lowest BCUT2D eigenvalue weighted by atomic mass is 10.5. The van der Waals surface area contributed by atoms with Gasteiger partial charge in [-0.05, 0) is 16.6 Å². The van der Waals surface area contributed by atoms with E-state index in [-0.39, 0.29) is 6.61 Å². The molecule has 0 aliphatic carbocycles. The summed E-state index contributed by atoms with van der Waals surface area (Å²) in [6, 6.07) is 0. The second-order valence-corrected chi connectivity index (χ2v) is 10.4. The smallest absolute Gasteiger partial charge is 0.146 e. The highest BCUT2D eigenvalue weighted by Gasteiger charge is 2.41. The summed E-state index contributed by atoms with van der Waals surface area (Å²) in [6.07, 6.45) is 0. The second kappa shape index (κ2) is 5.58. The maximum Gasteiger partial charge on any atom is 0.146 e. The molecule has 0 aromatic rings. The average molecular weight is 211 g/mol. The molecule has 0 fully saturated rings. The summed E-state index contributed by atoms with van der Waals surface area (Å²) >= 11 is 0. The molecule has 0 saturated heterocycles. The van der Waals surface area contributed by atoms with Crippen LogP contribution in [0.25, 0.3) is 0 Å². The first-order valence-electron chi connectivity index (χ1n) is 5.47. The third-order valence-electron chi connectivity index (χ3n) is 3.24.